The average molecular weight is 260 g/mol. The summed E-state index contributed by atoms with van der Waals surface area (Å²) in [6.07, 6.45) is 6.79. The third-order valence-electron chi connectivity index (χ3n) is 2.17. The number of hydrogen-bond donors (Lipinski definition) is 1. The van der Waals surface area contributed by atoms with Crippen LogP contribution in [0.2, 0.25) is 0 Å². The van der Waals surface area contributed by atoms with Crippen molar-refractivity contribution in [2.45, 2.75) is 24.5 Å². The van der Waals surface area contributed by atoms with Crippen LogP contribution in [0, 0.1) is 0 Å². The van der Waals surface area contributed by atoms with Gasteiger partial charge in [0.1, 0.15) is 0 Å². The van der Waals surface area contributed by atoms with Crippen LogP contribution in [0.1, 0.15) is 19.4 Å². The predicted molar refractivity (Wildman–Crippen MR) is 68.3 cm³/mol. The van der Waals surface area contributed by atoms with Crippen LogP contribution >= 0.6 is 23.5 Å². The van der Waals surface area contributed by atoms with Crippen molar-refractivity contribution >= 4 is 29.5 Å². The summed E-state index contributed by atoms with van der Waals surface area (Å²) in [4.78, 5) is 14.7. The van der Waals surface area contributed by atoms with Gasteiger partial charge in [-0.25, -0.2) is 4.98 Å². The first-order valence-corrected chi connectivity index (χ1v) is 7.39. The molecule has 0 radical (unpaired) electrons. The number of nitrogens with zero attached hydrogens (tertiary/aromatic N) is 2. The smallest absolute Gasteiger partial charge is 0.313 e. The zero-order chi connectivity index (χ0) is 12.0. The van der Waals surface area contributed by atoms with Crippen molar-refractivity contribution in [3.05, 3.63) is 12.4 Å². The summed E-state index contributed by atoms with van der Waals surface area (Å²) in [5.74, 6) is 0.352. The Morgan fingerprint density at radius 3 is 3.06 bits per heavy atom. The molecule has 0 aliphatic heterocycles. The molecule has 16 heavy (non-hydrogen) atoms. The summed E-state index contributed by atoms with van der Waals surface area (Å²) in [6.45, 7) is 2.13. The fraction of sp³-hybridized carbons (Fsp3) is 0.600. The molecule has 1 unspecified atom stereocenters. The van der Waals surface area contributed by atoms with Crippen LogP contribution < -0.4 is 0 Å². The van der Waals surface area contributed by atoms with Crippen LogP contribution in [-0.4, -0.2) is 38.4 Å². The molecule has 1 aromatic rings. The van der Waals surface area contributed by atoms with Crippen molar-refractivity contribution in [3.8, 4) is 0 Å². The van der Waals surface area contributed by atoms with Crippen LogP contribution in [0.4, 0.5) is 0 Å². The van der Waals surface area contributed by atoms with Crippen molar-refractivity contribution in [3.63, 3.8) is 0 Å². The molecule has 0 fully saturated rings. The van der Waals surface area contributed by atoms with Gasteiger partial charge in [-0.1, -0.05) is 11.8 Å². The van der Waals surface area contributed by atoms with Gasteiger partial charge < -0.3 is 9.67 Å². The number of carboxylic acid groups (broad SMARTS) is 1. The maximum atomic E-state index is 10.5. The Bertz CT molecular complexity index is 341. The van der Waals surface area contributed by atoms with Gasteiger partial charge in [-0.05, 0) is 25.4 Å². The number of carbonyl (C=O) groups is 1. The molecule has 4 nitrogen and oxygen atoms in total. The van der Waals surface area contributed by atoms with E-state index in [0.717, 1.165) is 17.3 Å². The summed E-state index contributed by atoms with van der Waals surface area (Å²) in [6, 6.07) is 0.367. The van der Waals surface area contributed by atoms with Crippen molar-refractivity contribution in [2.75, 3.05) is 17.8 Å². The lowest BCUT2D eigenvalue weighted by molar-refractivity contribution is -0.133. The number of imidazole rings is 1. The third kappa shape index (κ3) is 4.09. The molecule has 0 aromatic carbocycles. The molecule has 0 saturated carbocycles. The lowest BCUT2D eigenvalue weighted by Gasteiger charge is -2.14. The average Bonchev–Trinajstić information content (AvgIpc) is 2.71. The van der Waals surface area contributed by atoms with Crippen LogP contribution in [0.25, 0.3) is 0 Å². The van der Waals surface area contributed by atoms with Crippen molar-refractivity contribution in [1.29, 1.82) is 0 Å². The highest BCUT2D eigenvalue weighted by Gasteiger charge is 2.11. The Labute approximate surface area is 104 Å². The molecule has 1 heterocycles. The molecule has 0 bridgehead atoms. The lowest BCUT2D eigenvalue weighted by atomic mass is 10.2. The number of hydrogen-bond acceptors (Lipinski definition) is 4. The minimum Gasteiger partial charge on any atom is -0.481 e. The maximum Gasteiger partial charge on any atom is 0.313 e. The van der Waals surface area contributed by atoms with Gasteiger partial charge in [0.2, 0.25) is 0 Å². The first-order chi connectivity index (χ1) is 7.65. The van der Waals surface area contributed by atoms with Gasteiger partial charge in [-0.15, -0.1) is 0 Å². The van der Waals surface area contributed by atoms with Crippen molar-refractivity contribution in [1.82, 2.24) is 9.55 Å². The Morgan fingerprint density at radius 2 is 2.44 bits per heavy atom. The fourth-order valence-corrected chi connectivity index (χ4v) is 2.66. The zero-order valence-electron chi connectivity index (χ0n) is 9.42. The minimum absolute atomic E-state index is 0.0618. The van der Waals surface area contributed by atoms with Crippen molar-refractivity contribution in [2.24, 2.45) is 0 Å². The Morgan fingerprint density at radius 1 is 1.69 bits per heavy atom. The Kier molecular flexibility index (Phi) is 5.76. The Hall–Kier alpha value is -0.620. The summed E-state index contributed by atoms with van der Waals surface area (Å²) in [5, 5.41) is 9.41. The molecule has 0 saturated heterocycles. The number of thioether (sulfide) groups is 2. The van der Waals surface area contributed by atoms with Gasteiger partial charge in [0.05, 0.1) is 5.75 Å². The van der Waals surface area contributed by atoms with E-state index < -0.39 is 5.97 Å². The fourth-order valence-electron chi connectivity index (χ4n) is 1.30. The zero-order valence-corrected chi connectivity index (χ0v) is 11.1. The van der Waals surface area contributed by atoms with E-state index in [1.807, 2.05) is 22.5 Å². The van der Waals surface area contributed by atoms with Crippen LogP contribution in [0.5, 0.6) is 0 Å². The van der Waals surface area contributed by atoms with Gasteiger partial charge in [0, 0.05) is 18.4 Å². The van der Waals surface area contributed by atoms with E-state index in [1.54, 1.807) is 6.20 Å². The van der Waals surface area contributed by atoms with Crippen molar-refractivity contribution < 1.29 is 9.90 Å². The van der Waals surface area contributed by atoms with Gasteiger partial charge in [-0.3, -0.25) is 4.79 Å². The molecule has 0 aliphatic rings. The predicted octanol–water partition coefficient (Wildman–Crippen LogP) is 2.37. The maximum absolute atomic E-state index is 10.5. The second kappa shape index (κ2) is 6.85. The lowest BCUT2D eigenvalue weighted by Crippen LogP contribution is -2.08. The number of carboxylic acids is 1. The van der Waals surface area contributed by atoms with Gasteiger partial charge in [0.25, 0.3) is 0 Å². The first kappa shape index (κ1) is 13.4. The van der Waals surface area contributed by atoms with E-state index in [1.165, 1.54) is 11.8 Å². The first-order valence-electron chi connectivity index (χ1n) is 5.01. The molecule has 1 N–H and O–H groups in total. The summed E-state index contributed by atoms with van der Waals surface area (Å²) in [7, 11) is 0. The van der Waals surface area contributed by atoms with Crippen LogP contribution in [-0.2, 0) is 4.79 Å². The number of rotatable bonds is 7. The summed E-state index contributed by atoms with van der Waals surface area (Å²) in [5.41, 5.74) is 0. The third-order valence-corrected chi connectivity index (χ3v) is 3.78. The monoisotopic (exact) mass is 260 g/mol. The van der Waals surface area contributed by atoms with Crippen LogP contribution in [0.15, 0.2) is 17.6 Å². The summed E-state index contributed by atoms with van der Waals surface area (Å²) < 4.78 is 2.05. The molecule has 90 valence electrons. The minimum atomic E-state index is -0.809. The summed E-state index contributed by atoms with van der Waals surface area (Å²) >= 11 is 3.09. The molecular weight excluding hydrogens is 244 g/mol. The van der Waals surface area contributed by atoms with E-state index in [-0.39, 0.29) is 5.75 Å². The molecule has 1 atom stereocenters. The van der Waals surface area contributed by atoms with E-state index in [2.05, 4.69) is 18.2 Å². The molecule has 1 aromatic heterocycles. The molecule has 0 aliphatic carbocycles. The highest BCUT2D eigenvalue weighted by molar-refractivity contribution is 7.99. The van der Waals surface area contributed by atoms with Crippen LogP contribution in [0.3, 0.4) is 0 Å². The van der Waals surface area contributed by atoms with Gasteiger partial charge in [-0.2, -0.15) is 11.8 Å². The highest BCUT2D eigenvalue weighted by Crippen LogP contribution is 2.22. The SMILES string of the molecule is CSCCC(C)n1ccnc1SCC(=O)O. The highest BCUT2D eigenvalue weighted by atomic mass is 32.2. The quantitative estimate of drug-likeness (QED) is 0.763. The van der Waals surface area contributed by atoms with E-state index in [4.69, 9.17) is 5.11 Å². The van der Waals surface area contributed by atoms with E-state index in [9.17, 15) is 4.79 Å². The topological polar surface area (TPSA) is 55.1 Å². The second-order valence-corrected chi connectivity index (χ2v) is 5.36. The van der Waals surface area contributed by atoms with Gasteiger partial charge >= 0.3 is 5.97 Å². The molecule has 1 rings (SSSR count). The Balaban J connectivity index is 2.58. The number of aromatic nitrogens is 2. The van der Waals surface area contributed by atoms with Gasteiger partial charge in [0.15, 0.2) is 5.16 Å². The van der Waals surface area contributed by atoms with E-state index >= 15 is 0 Å². The normalized spacial score (nSPS) is 12.6. The second-order valence-electron chi connectivity index (χ2n) is 3.43. The molecule has 6 heteroatoms. The standard InChI is InChI=1S/C10H16N2O2S2/c1-8(3-6-15-2)12-5-4-11-10(12)16-7-9(13)14/h4-5,8H,3,6-7H2,1-2H3,(H,13,14). The molecule has 0 amide bonds. The molecular formula is C10H16N2O2S2. The van der Waals surface area contributed by atoms with E-state index in [0.29, 0.717) is 6.04 Å². The number of aliphatic carboxylic acids is 1. The molecule has 0 spiro atoms. The largest absolute Gasteiger partial charge is 0.481 e.